The van der Waals surface area contributed by atoms with E-state index in [0.29, 0.717) is 13.0 Å². The van der Waals surface area contributed by atoms with Gasteiger partial charge in [0.05, 0.1) is 7.11 Å². The summed E-state index contributed by atoms with van der Waals surface area (Å²) >= 11 is 0. The lowest BCUT2D eigenvalue weighted by molar-refractivity contribution is -0.142. The average molecular weight is 314 g/mol. The Balaban J connectivity index is 0.00000220. The van der Waals surface area contributed by atoms with Gasteiger partial charge in [-0.1, -0.05) is 32.9 Å². The summed E-state index contributed by atoms with van der Waals surface area (Å²) in [5.74, 6) is 0.620. The minimum absolute atomic E-state index is 0. The maximum absolute atomic E-state index is 11.4. The zero-order chi connectivity index (χ0) is 14.8. The minimum Gasteiger partial charge on any atom is -0.489 e. The molecule has 0 bridgehead atoms. The van der Waals surface area contributed by atoms with Crippen molar-refractivity contribution in [2.24, 2.45) is 0 Å². The number of benzene rings is 1. The largest absolute Gasteiger partial charge is 0.489 e. The summed E-state index contributed by atoms with van der Waals surface area (Å²) in [6.07, 6.45) is 0.660. The van der Waals surface area contributed by atoms with Crippen LogP contribution in [0.25, 0.3) is 0 Å². The fraction of sp³-hybridized carbons (Fsp3) is 0.562. The van der Waals surface area contributed by atoms with Crippen LogP contribution in [0.2, 0.25) is 0 Å². The molecule has 118 valence electrons. The number of methoxy groups -OCH3 is 1. The van der Waals surface area contributed by atoms with Crippen LogP contribution < -0.4 is 10.1 Å². The Labute approximate surface area is 132 Å². The molecule has 1 fully saturated rings. The van der Waals surface area contributed by atoms with Gasteiger partial charge in [-0.2, -0.15) is 0 Å². The van der Waals surface area contributed by atoms with E-state index in [1.807, 2.05) is 12.1 Å². The first kappa shape index (κ1) is 17.8. The summed E-state index contributed by atoms with van der Waals surface area (Å²) in [6, 6.07) is 7.92. The molecule has 2 atom stereocenters. The Bertz CT molecular complexity index is 467. The van der Waals surface area contributed by atoms with Gasteiger partial charge in [-0.05, 0) is 23.1 Å². The average Bonchev–Trinajstić information content (AvgIpc) is 2.86. The zero-order valence-electron chi connectivity index (χ0n) is 13.0. The van der Waals surface area contributed by atoms with Crippen molar-refractivity contribution in [1.82, 2.24) is 5.32 Å². The van der Waals surface area contributed by atoms with E-state index in [4.69, 9.17) is 9.47 Å². The molecule has 1 aliphatic rings. The number of esters is 1. The summed E-state index contributed by atoms with van der Waals surface area (Å²) in [5.41, 5.74) is 1.42. The van der Waals surface area contributed by atoms with E-state index in [9.17, 15) is 4.79 Å². The molecule has 0 spiro atoms. The minimum atomic E-state index is -0.251. The van der Waals surface area contributed by atoms with Gasteiger partial charge in [0.25, 0.3) is 0 Å². The van der Waals surface area contributed by atoms with Crippen LogP contribution in [0.1, 0.15) is 32.8 Å². The van der Waals surface area contributed by atoms with Crippen LogP contribution in [-0.4, -0.2) is 31.8 Å². The molecule has 0 aliphatic carbocycles. The molecular weight excluding hydrogens is 290 g/mol. The molecule has 1 saturated heterocycles. The molecule has 2 rings (SSSR count). The van der Waals surface area contributed by atoms with E-state index in [-0.39, 0.29) is 35.9 Å². The molecule has 0 amide bonds. The second kappa shape index (κ2) is 7.14. The van der Waals surface area contributed by atoms with Gasteiger partial charge in [0, 0.05) is 13.0 Å². The lowest BCUT2D eigenvalue weighted by Crippen LogP contribution is -2.31. The third-order valence-electron chi connectivity index (χ3n) is 3.60. The van der Waals surface area contributed by atoms with E-state index < -0.39 is 0 Å². The Morgan fingerprint density at radius 1 is 1.24 bits per heavy atom. The molecule has 1 aromatic carbocycles. The van der Waals surface area contributed by atoms with Crippen LogP contribution in [0, 0.1) is 0 Å². The van der Waals surface area contributed by atoms with Crippen LogP contribution in [0.15, 0.2) is 24.3 Å². The molecule has 5 heteroatoms. The van der Waals surface area contributed by atoms with E-state index in [1.165, 1.54) is 12.7 Å². The Morgan fingerprint density at radius 3 is 2.38 bits per heavy atom. The van der Waals surface area contributed by atoms with Gasteiger partial charge >= 0.3 is 5.97 Å². The Kier molecular flexibility index (Phi) is 6.05. The van der Waals surface area contributed by atoms with Crippen LogP contribution in [0.5, 0.6) is 5.75 Å². The molecule has 1 heterocycles. The topological polar surface area (TPSA) is 47.6 Å². The first-order valence-corrected chi connectivity index (χ1v) is 6.98. The van der Waals surface area contributed by atoms with Crippen molar-refractivity contribution in [3.8, 4) is 5.75 Å². The van der Waals surface area contributed by atoms with Crippen molar-refractivity contribution in [3.63, 3.8) is 0 Å². The second-order valence-corrected chi connectivity index (χ2v) is 6.23. The number of carbonyl (C=O) groups excluding carboxylic acids is 1. The highest BCUT2D eigenvalue weighted by Gasteiger charge is 2.31. The number of nitrogens with one attached hydrogen (secondary N) is 1. The monoisotopic (exact) mass is 313 g/mol. The smallest absolute Gasteiger partial charge is 0.323 e. The van der Waals surface area contributed by atoms with Crippen molar-refractivity contribution in [2.75, 3.05) is 13.7 Å². The Hall–Kier alpha value is -1.26. The number of rotatable bonds is 3. The van der Waals surface area contributed by atoms with E-state index in [0.717, 1.165) is 5.75 Å². The molecule has 0 saturated carbocycles. The lowest BCUT2D eigenvalue weighted by atomic mass is 9.87. The molecule has 0 unspecified atom stereocenters. The number of halogens is 1. The third-order valence-corrected chi connectivity index (χ3v) is 3.60. The number of hydrogen-bond acceptors (Lipinski definition) is 4. The highest BCUT2D eigenvalue weighted by Crippen LogP contribution is 2.25. The molecule has 1 N–H and O–H groups in total. The molecule has 0 aromatic heterocycles. The molecule has 1 aliphatic heterocycles. The van der Waals surface area contributed by atoms with Crippen molar-refractivity contribution < 1.29 is 14.3 Å². The molecular formula is C16H24ClNO3. The molecule has 0 radical (unpaired) electrons. The standard InChI is InChI=1S/C16H23NO3.ClH/c1-16(2,3)11-5-7-12(8-6-11)20-13-9-14(17-10-13)15(18)19-4;/h5-8,13-14,17H,9-10H2,1-4H3;1H/t13-,14-;/m0./s1. The van der Waals surface area contributed by atoms with Crippen LogP contribution in [0.3, 0.4) is 0 Å². The van der Waals surface area contributed by atoms with Crippen molar-refractivity contribution in [2.45, 2.75) is 44.8 Å². The SMILES string of the molecule is COC(=O)[C@@H]1C[C@H](Oc2ccc(C(C)(C)C)cc2)CN1.Cl. The first-order chi connectivity index (χ1) is 9.40. The molecule has 21 heavy (non-hydrogen) atoms. The number of ether oxygens (including phenoxy) is 2. The van der Waals surface area contributed by atoms with E-state index in [1.54, 1.807) is 0 Å². The summed E-state index contributed by atoms with van der Waals surface area (Å²) in [4.78, 5) is 11.4. The number of hydrogen-bond donors (Lipinski definition) is 1. The predicted octanol–water partition coefficient (Wildman–Crippen LogP) is 2.69. The van der Waals surface area contributed by atoms with Gasteiger partial charge < -0.3 is 14.8 Å². The highest BCUT2D eigenvalue weighted by atomic mass is 35.5. The van der Waals surface area contributed by atoms with Crippen LogP contribution in [-0.2, 0) is 14.9 Å². The summed E-state index contributed by atoms with van der Waals surface area (Å²) in [6.45, 7) is 7.22. The van der Waals surface area contributed by atoms with Gasteiger partial charge in [-0.3, -0.25) is 4.79 Å². The maximum atomic E-state index is 11.4. The van der Waals surface area contributed by atoms with Gasteiger partial charge in [0.15, 0.2) is 0 Å². The van der Waals surface area contributed by atoms with Gasteiger partial charge in [-0.25, -0.2) is 0 Å². The fourth-order valence-electron chi connectivity index (χ4n) is 2.34. The maximum Gasteiger partial charge on any atom is 0.323 e. The van der Waals surface area contributed by atoms with Crippen LogP contribution >= 0.6 is 12.4 Å². The Morgan fingerprint density at radius 2 is 1.86 bits per heavy atom. The fourth-order valence-corrected chi connectivity index (χ4v) is 2.34. The van der Waals surface area contributed by atoms with E-state index >= 15 is 0 Å². The van der Waals surface area contributed by atoms with Crippen molar-refractivity contribution in [3.05, 3.63) is 29.8 Å². The van der Waals surface area contributed by atoms with E-state index in [2.05, 4.69) is 38.2 Å². The lowest BCUT2D eigenvalue weighted by Gasteiger charge is -2.20. The van der Waals surface area contributed by atoms with Crippen LogP contribution in [0.4, 0.5) is 0 Å². The number of carbonyl (C=O) groups is 1. The van der Waals surface area contributed by atoms with Crippen molar-refractivity contribution in [1.29, 1.82) is 0 Å². The zero-order valence-corrected chi connectivity index (χ0v) is 13.8. The third kappa shape index (κ3) is 4.61. The van der Waals surface area contributed by atoms with Gasteiger partial charge in [0.2, 0.25) is 0 Å². The summed E-state index contributed by atoms with van der Waals surface area (Å²) < 4.78 is 10.6. The normalized spacial score (nSPS) is 21.5. The summed E-state index contributed by atoms with van der Waals surface area (Å²) in [7, 11) is 1.41. The summed E-state index contributed by atoms with van der Waals surface area (Å²) in [5, 5.41) is 3.11. The first-order valence-electron chi connectivity index (χ1n) is 6.98. The second-order valence-electron chi connectivity index (χ2n) is 6.23. The van der Waals surface area contributed by atoms with Gasteiger partial charge in [-0.15, -0.1) is 12.4 Å². The van der Waals surface area contributed by atoms with Crippen molar-refractivity contribution >= 4 is 18.4 Å². The molecule has 1 aromatic rings. The molecule has 4 nitrogen and oxygen atoms in total. The highest BCUT2D eigenvalue weighted by molar-refractivity contribution is 5.85. The quantitative estimate of drug-likeness (QED) is 0.872. The predicted molar refractivity (Wildman–Crippen MR) is 85.2 cm³/mol. The van der Waals surface area contributed by atoms with Gasteiger partial charge in [0.1, 0.15) is 17.9 Å².